The second-order valence-corrected chi connectivity index (χ2v) is 4.26. The first-order valence-corrected chi connectivity index (χ1v) is 5.50. The van der Waals surface area contributed by atoms with Crippen LogP contribution < -0.4 is 10.6 Å². The van der Waals surface area contributed by atoms with Crippen molar-refractivity contribution in [3.8, 4) is 0 Å². The van der Waals surface area contributed by atoms with Gasteiger partial charge in [-0.1, -0.05) is 13.3 Å². The molecular weight excluding hydrogens is 191 g/mol. The molecule has 1 aromatic rings. The highest BCUT2D eigenvalue weighted by molar-refractivity contribution is 5.68. The fourth-order valence-corrected chi connectivity index (χ4v) is 2.15. The minimum absolute atomic E-state index is 0.210. The lowest BCUT2D eigenvalue weighted by molar-refractivity contribution is 0.380. The quantitative estimate of drug-likeness (QED) is 0.774. The van der Waals surface area contributed by atoms with Crippen molar-refractivity contribution in [3.05, 3.63) is 24.0 Å². The van der Waals surface area contributed by atoms with Gasteiger partial charge in [0.2, 0.25) is 0 Å². The number of nitrogens with zero attached hydrogens (tertiary/aromatic N) is 1. The number of nitrogen functional groups attached to an aromatic ring is 1. The molecule has 3 heteroatoms. The van der Waals surface area contributed by atoms with Crippen molar-refractivity contribution in [1.29, 1.82) is 0 Å². The third kappa shape index (κ3) is 2.06. The number of rotatable bonds is 3. The van der Waals surface area contributed by atoms with Crippen LogP contribution in [0.4, 0.5) is 15.8 Å². The second-order valence-electron chi connectivity index (χ2n) is 4.26. The minimum atomic E-state index is -0.210. The Kier molecular flexibility index (Phi) is 2.80. The van der Waals surface area contributed by atoms with E-state index in [2.05, 4.69) is 11.8 Å². The van der Waals surface area contributed by atoms with Gasteiger partial charge in [0.15, 0.2) is 0 Å². The number of nitrogens with two attached hydrogens (primary N) is 1. The first-order valence-electron chi connectivity index (χ1n) is 5.50. The van der Waals surface area contributed by atoms with Crippen molar-refractivity contribution in [3.63, 3.8) is 0 Å². The van der Waals surface area contributed by atoms with Crippen molar-refractivity contribution < 1.29 is 4.39 Å². The van der Waals surface area contributed by atoms with Crippen LogP contribution in [0.2, 0.25) is 0 Å². The second kappa shape index (κ2) is 4.09. The van der Waals surface area contributed by atoms with E-state index in [4.69, 9.17) is 5.73 Å². The Hall–Kier alpha value is -1.25. The number of halogens is 1. The molecule has 2 rings (SSSR count). The van der Waals surface area contributed by atoms with E-state index in [1.165, 1.54) is 25.0 Å². The van der Waals surface area contributed by atoms with Gasteiger partial charge in [-0.25, -0.2) is 4.39 Å². The Morgan fingerprint density at radius 3 is 2.87 bits per heavy atom. The highest BCUT2D eigenvalue weighted by Gasteiger charge is 2.27. The molecule has 1 heterocycles. The number of anilines is 2. The van der Waals surface area contributed by atoms with Gasteiger partial charge in [-0.3, -0.25) is 0 Å². The molecule has 0 radical (unpaired) electrons. The summed E-state index contributed by atoms with van der Waals surface area (Å²) in [5.74, 6) is 0.552. The summed E-state index contributed by atoms with van der Waals surface area (Å²) in [6, 6.07) is 4.57. The summed E-state index contributed by atoms with van der Waals surface area (Å²) < 4.78 is 13.0. The summed E-state index contributed by atoms with van der Waals surface area (Å²) in [6.07, 6.45) is 2.48. The van der Waals surface area contributed by atoms with Crippen molar-refractivity contribution in [1.82, 2.24) is 0 Å². The summed E-state index contributed by atoms with van der Waals surface area (Å²) in [5.41, 5.74) is 7.33. The third-order valence-corrected chi connectivity index (χ3v) is 2.99. The van der Waals surface area contributed by atoms with Crippen LogP contribution in [0.15, 0.2) is 18.2 Å². The maximum Gasteiger partial charge on any atom is 0.125 e. The van der Waals surface area contributed by atoms with Crippen molar-refractivity contribution in [2.75, 3.05) is 23.7 Å². The van der Waals surface area contributed by atoms with E-state index in [0.717, 1.165) is 24.7 Å². The normalized spacial score (nSPS) is 16.5. The van der Waals surface area contributed by atoms with Gasteiger partial charge in [-0.2, -0.15) is 0 Å². The van der Waals surface area contributed by atoms with Crippen LogP contribution in [0.1, 0.15) is 19.8 Å². The minimum Gasteiger partial charge on any atom is -0.397 e. The molecule has 1 saturated heterocycles. The summed E-state index contributed by atoms with van der Waals surface area (Å²) in [4.78, 5) is 2.15. The van der Waals surface area contributed by atoms with Gasteiger partial charge >= 0.3 is 0 Å². The Morgan fingerprint density at radius 2 is 2.20 bits per heavy atom. The molecule has 1 aliphatic rings. The van der Waals surface area contributed by atoms with Gasteiger partial charge in [0.25, 0.3) is 0 Å². The Labute approximate surface area is 89.9 Å². The molecule has 0 amide bonds. The molecule has 1 aromatic carbocycles. The van der Waals surface area contributed by atoms with Gasteiger partial charge < -0.3 is 10.6 Å². The summed E-state index contributed by atoms with van der Waals surface area (Å²) in [6.45, 7) is 4.22. The lowest BCUT2D eigenvalue weighted by Gasteiger charge is -2.41. The monoisotopic (exact) mass is 208 g/mol. The van der Waals surface area contributed by atoms with Gasteiger partial charge in [-0.05, 0) is 30.5 Å². The summed E-state index contributed by atoms with van der Waals surface area (Å²) in [7, 11) is 0. The third-order valence-electron chi connectivity index (χ3n) is 2.99. The molecule has 2 N–H and O–H groups in total. The van der Waals surface area contributed by atoms with E-state index in [1.807, 2.05) is 0 Å². The zero-order valence-electron chi connectivity index (χ0n) is 9.04. The molecule has 82 valence electrons. The predicted molar refractivity (Wildman–Crippen MR) is 61.4 cm³/mol. The van der Waals surface area contributed by atoms with Crippen molar-refractivity contribution in [2.45, 2.75) is 19.8 Å². The van der Waals surface area contributed by atoms with E-state index in [0.29, 0.717) is 5.69 Å². The lowest BCUT2D eigenvalue weighted by Crippen LogP contribution is -2.46. The first kappa shape index (κ1) is 10.3. The van der Waals surface area contributed by atoms with Crippen LogP contribution in [0.5, 0.6) is 0 Å². The largest absolute Gasteiger partial charge is 0.397 e. The van der Waals surface area contributed by atoms with Gasteiger partial charge in [-0.15, -0.1) is 0 Å². The standard InChI is InChI=1S/C12H17FN2/c1-2-3-9-7-15(8-9)12-6-10(13)4-5-11(12)14/h4-6,9H,2-3,7-8,14H2,1H3. The zero-order valence-corrected chi connectivity index (χ0v) is 9.04. The van der Waals surface area contributed by atoms with Crippen molar-refractivity contribution in [2.24, 2.45) is 5.92 Å². The molecule has 1 aliphatic heterocycles. The van der Waals surface area contributed by atoms with Crippen molar-refractivity contribution >= 4 is 11.4 Å². The van der Waals surface area contributed by atoms with E-state index in [-0.39, 0.29) is 5.82 Å². The van der Waals surface area contributed by atoms with E-state index in [9.17, 15) is 4.39 Å². The molecule has 0 atom stereocenters. The Balaban J connectivity index is 2.03. The molecular formula is C12H17FN2. The average Bonchev–Trinajstić information content (AvgIpc) is 2.15. The highest BCUT2D eigenvalue weighted by Crippen LogP contribution is 2.31. The van der Waals surface area contributed by atoms with E-state index >= 15 is 0 Å². The van der Waals surface area contributed by atoms with Gasteiger partial charge in [0.1, 0.15) is 5.82 Å². The molecule has 0 unspecified atom stereocenters. The predicted octanol–water partition coefficient (Wildman–Crippen LogP) is 2.64. The Bertz CT molecular complexity index is 345. The summed E-state index contributed by atoms with van der Waals surface area (Å²) >= 11 is 0. The van der Waals surface area contributed by atoms with Gasteiger partial charge in [0.05, 0.1) is 11.4 Å². The van der Waals surface area contributed by atoms with Crippen LogP contribution in [-0.2, 0) is 0 Å². The molecule has 0 bridgehead atoms. The van der Waals surface area contributed by atoms with Crippen LogP contribution >= 0.6 is 0 Å². The van der Waals surface area contributed by atoms with Crippen LogP contribution in [0.3, 0.4) is 0 Å². The van der Waals surface area contributed by atoms with Crippen LogP contribution in [-0.4, -0.2) is 13.1 Å². The van der Waals surface area contributed by atoms with E-state index < -0.39 is 0 Å². The number of hydrogen-bond acceptors (Lipinski definition) is 2. The fourth-order valence-electron chi connectivity index (χ4n) is 2.15. The molecule has 1 fully saturated rings. The maximum atomic E-state index is 13.0. The number of benzene rings is 1. The summed E-state index contributed by atoms with van der Waals surface area (Å²) in [5, 5.41) is 0. The van der Waals surface area contributed by atoms with Crippen LogP contribution in [0.25, 0.3) is 0 Å². The number of hydrogen-bond donors (Lipinski definition) is 1. The van der Waals surface area contributed by atoms with E-state index in [1.54, 1.807) is 6.07 Å². The zero-order chi connectivity index (χ0) is 10.8. The fraction of sp³-hybridized carbons (Fsp3) is 0.500. The smallest absolute Gasteiger partial charge is 0.125 e. The molecule has 0 aliphatic carbocycles. The SMILES string of the molecule is CCCC1CN(c2cc(F)ccc2N)C1. The topological polar surface area (TPSA) is 29.3 Å². The molecule has 15 heavy (non-hydrogen) atoms. The Morgan fingerprint density at radius 1 is 1.47 bits per heavy atom. The average molecular weight is 208 g/mol. The van der Waals surface area contributed by atoms with Gasteiger partial charge in [0, 0.05) is 13.1 Å². The molecule has 0 spiro atoms. The lowest BCUT2D eigenvalue weighted by atomic mass is 9.94. The molecule has 2 nitrogen and oxygen atoms in total. The molecule has 0 aromatic heterocycles. The maximum absolute atomic E-state index is 13.0. The highest BCUT2D eigenvalue weighted by atomic mass is 19.1. The first-order chi connectivity index (χ1) is 7.20. The molecule has 0 saturated carbocycles. The van der Waals surface area contributed by atoms with Crippen LogP contribution in [0, 0.1) is 11.7 Å².